The fourth-order valence-corrected chi connectivity index (χ4v) is 4.93. The number of nitrogens with zero attached hydrogens (tertiary/aromatic N) is 2. The van der Waals surface area contributed by atoms with E-state index in [9.17, 15) is 8.42 Å². The molecule has 1 fully saturated rings. The zero-order valence-electron chi connectivity index (χ0n) is 17.9. The van der Waals surface area contributed by atoms with Crippen molar-refractivity contribution in [3.05, 3.63) is 48.0 Å². The summed E-state index contributed by atoms with van der Waals surface area (Å²) in [6.45, 7) is 4.78. The highest BCUT2D eigenvalue weighted by atomic mass is 32.2. The third-order valence-electron chi connectivity index (χ3n) is 5.77. The second-order valence-electron chi connectivity index (χ2n) is 7.79. The summed E-state index contributed by atoms with van der Waals surface area (Å²) in [5.41, 5.74) is 1.05. The minimum Gasteiger partial charge on any atom is -0.497 e. The van der Waals surface area contributed by atoms with E-state index in [1.807, 2.05) is 24.3 Å². The van der Waals surface area contributed by atoms with E-state index in [2.05, 4.69) is 21.6 Å². The number of sulfonamides is 1. The number of fused-ring (bicyclic) bond motifs is 1. The van der Waals surface area contributed by atoms with Crippen molar-refractivity contribution in [2.75, 3.05) is 60.1 Å². The molecule has 2 aliphatic heterocycles. The van der Waals surface area contributed by atoms with Gasteiger partial charge in [0.1, 0.15) is 19.0 Å². The predicted octanol–water partition coefficient (Wildman–Crippen LogP) is 1.73. The van der Waals surface area contributed by atoms with Crippen LogP contribution < -0.4 is 18.9 Å². The van der Waals surface area contributed by atoms with Crippen LogP contribution in [-0.4, -0.2) is 78.3 Å². The van der Waals surface area contributed by atoms with Crippen molar-refractivity contribution in [1.29, 1.82) is 0 Å². The molecule has 0 amide bonds. The Morgan fingerprint density at radius 1 is 1.00 bits per heavy atom. The first-order valence-electron chi connectivity index (χ1n) is 10.4. The molecule has 1 unspecified atom stereocenters. The van der Waals surface area contributed by atoms with Crippen LogP contribution in [-0.2, 0) is 10.0 Å². The fourth-order valence-electron chi connectivity index (χ4n) is 3.88. The van der Waals surface area contributed by atoms with Gasteiger partial charge in [-0.2, -0.15) is 0 Å². The third kappa shape index (κ3) is 5.12. The Balaban J connectivity index is 1.53. The van der Waals surface area contributed by atoms with Crippen molar-refractivity contribution in [2.24, 2.45) is 0 Å². The molecular formula is C22H29N3O5S. The Morgan fingerprint density at radius 2 is 1.68 bits per heavy atom. The molecule has 0 aromatic heterocycles. The van der Waals surface area contributed by atoms with Crippen LogP contribution in [0.5, 0.6) is 17.2 Å². The molecule has 1 saturated heterocycles. The molecule has 0 saturated carbocycles. The zero-order valence-corrected chi connectivity index (χ0v) is 18.7. The van der Waals surface area contributed by atoms with Gasteiger partial charge in [-0.3, -0.25) is 4.90 Å². The van der Waals surface area contributed by atoms with Gasteiger partial charge in [0, 0.05) is 44.8 Å². The van der Waals surface area contributed by atoms with E-state index in [1.165, 1.54) is 6.07 Å². The monoisotopic (exact) mass is 447 g/mol. The third-order valence-corrected chi connectivity index (χ3v) is 7.19. The van der Waals surface area contributed by atoms with Gasteiger partial charge in [-0.15, -0.1) is 0 Å². The zero-order chi connectivity index (χ0) is 21.8. The van der Waals surface area contributed by atoms with E-state index in [0.717, 1.165) is 37.5 Å². The number of likely N-dealkylation sites (N-methyl/N-ethyl adjacent to an activating group) is 1. The van der Waals surface area contributed by atoms with Crippen molar-refractivity contribution >= 4 is 10.0 Å². The molecule has 2 heterocycles. The van der Waals surface area contributed by atoms with Gasteiger partial charge in [-0.25, -0.2) is 13.1 Å². The number of methoxy groups -OCH3 is 1. The Hall–Kier alpha value is -2.33. The first-order chi connectivity index (χ1) is 15.0. The maximum atomic E-state index is 13.0. The summed E-state index contributed by atoms with van der Waals surface area (Å²) < 4.78 is 45.2. The molecule has 2 aliphatic rings. The lowest BCUT2D eigenvalue weighted by atomic mass is 10.0. The van der Waals surface area contributed by atoms with Crippen LogP contribution in [0.15, 0.2) is 47.4 Å². The molecule has 2 aromatic carbocycles. The SMILES string of the molecule is COc1ccc(C(CNS(=O)(=O)c2ccc3c(c2)OCCO3)N2CCN(C)CC2)cc1. The van der Waals surface area contributed by atoms with Crippen LogP contribution in [0.3, 0.4) is 0 Å². The Labute approximate surface area is 183 Å². The summed E-state index contributed by atoms with van der Waals surface area (Å²) in [5, 5.41) is 0. The van der Waals surface area contributed by atoms with Crippen LogP contribution in [0.4, 0.5) is 0 Å². The van der Waals surface area contributed by atoms with E-state index >= 15 is 0 Å². The van der Waals surface area contributed by atoms with Crippen LogP contribution in [0, 0.1) is 0 Å². The number of benzene rings is 2. The standard InChI is InChI=1S/C22H29N3O5S/c1-24-9-11-25(12-10-24)20(17-3-5-18(28-2)6-4-17)16-23-31(26,27)19-7-8-21-22(15-19)30-14-13-29-21/h3-8,15,20,23H,9-14,16H2,1-2H3. The highest BCUT2D eigenvalue weighted by molar-refractivity contribution is 7.89. The van der Waals surface area contributed by atoms with Crippen LogP contribution in [0.2, 0.25) is 0 Å². The first kappa shape index (κ1) is 21.9. The van der Waals surface area contributed by atoms with Crippen LogP contribution in [0.1, 0.15) is 11.6 Å². The number of ether oxygens (including phenoxy) is 3. The second-order valence-corrected chi connectivity index (χ2v) is 9.55. The molecular weight excluding hydrogens is 418 g/mol. The molecule has 2 aromatic rings. The van der Waals surface area contributed by atoms with Crippen molar-refractivity contribution in [3.8, 4) is 17.2 Å². The van der Waals surface area contributed by atoms with E-state index in [4.69, 9.17) is 14.2 Å². The largest absolute Gasteiger partial charge is 0.497 e. The topological polar surface area (TPSA) is 80.3 Å². The maximum Gasteiger partial charge on any atom is 0.240 e. The molecule has 4 rings (SSSR count). The Morgan fingerprint density at radius 3 is 2.35 bits per heavy atom. The lowest BCUT2D eigenvalue weighted by Crippen LogP contribution is -2.48. The summed E-state index contributed by atoms with van der Waals surface area (Å²) in [6.07, 6.45) is 0. The quantitative estimate of drug-likeness (QED) is 0.692. The molecule has 0 bridgehead atoms. The van der Waals surface area contributed by atoms with Crippen molar-refractivity contribution in [2.45, 2.75) is 10.9 Å². The van der Waals surface area contributed by atoms with Gasteiger partial charge in [0.2, 0.25) is 10.0 Å². The smallest absolute Gasteiger partial charge is 0.240 e. The van der Waals surface area contributed by atoms with Gasteiger partial charge < -0.3 is 19.1 Å². The van der Waals surface area contributed by atoms with Gasteiger partial charge in [0.05, 0.1) is 12.0 Å². The number of rotatable bonds is 7. The molecule has 8 nitrogen and oxygen atoms in total. The van der Waals surface area contributed by atoms with E-state index in [-0.39, 0.29) is 17.5 Å². The molecule has 0 radical (unpaired) electrons. The summed E-state index contributed by atoms with van der Waals surface area (Å²) in [5.74, 6) is 1.80. The van der Waals surface area contributed by atoms with E-state index in [1.54, 1.807) is 19.2 Å². The summed E-state index contributed by atoms with van der Waals surface area (Å²) >= 11 is 0. The van der Waals surface area contributed by atoms with Crippen molar-refractivity contribution in [1.82, 2.24) is 14.5 Å². The second kappa shape index (κ2) is 9.44. The van der Waals surface area contributed by atoms with Crippen LogP contribution in [0.25, 0.3) is 0 Å². The lowest BCUT2D eigenvalue weighted by Gasteiger charge is -2.38. The first-order valence-corrected chi connectivity index (χ1v) is 11.9. The minimum absolute atomic E-state index is 0.0772. The molecule has 1 N–H and O–H groups in total. The predicted molar refractivity (Wildman–Crippen MR) is 117 cm³/mol. The van der Waals surface area contributed by atoms with Crippen molar-refractivity contribution in [3.63, 3.8) is 0 Å². The number of piperazine rings is 1. The molecule has 1 atom stereocenters. The number of hydrogen-bond acceptors (Lipinski definition) is 7. The van der Waals surface area contributed by atoms with E-state index in [0.29, 0.717) is 24.7 Å². The minimum atomic E-state index is -3.71. The summed E-state index contributed by atoms with van der Waals surface area (Å²) in [4.78, 5) is 4.78. The highest BCUT2D eigenvalue weighted by Gasteiger charge is 2.27. The normalized spacial score (nSPS) is 18.5. The van der Waals surface area contributed by atoms with E-state index < -0.39 is 10.0 Å². The van der Waals surface area contributed by atoms with Gasteiger partial charge in [0.15, 0.2) is 11.5 Å². The number of hydrogen-bond donors (Lipinski definition) is 1. The fraction of sp³-hybridized carbons (Fsp3) is 0.455. The van der Waals surface area contributed by atoms with Gasteiger partial charge >= 0.3 is 0 Å². The van der Waals surface area contributed by atoms with Crippen LogP contribution >= 0.6 is 0 Å². The summed E-state index contributed by atoms with van der Waals surface area (Å²) in [6, 6.07) is 12.5. The molecule has 0 aliphatic carbocycles. The van der Waals surface area contributed by atoms with Gasteiger partial charge in [0.25, 0.3) is 0 Å². The number of nitrogens with one attached hydrogen (secondary N) is 1. The lowest BCUT2D eigenvalue weighted by molar-refractivity contribution is 0.113. The maximum absolute atomic E-state index is 13.0. The molecule has 0 spiro atoms. The Bertz CT molecular complexity index is 989. The Kier molecular flexibility index (Phi) is 6.66. The van der Waals surface area contributed by atoms with Gasteiger partial charge in [-0.05, 0) is 36.9 Å². The molecule has 168 valence electrons. The average Bonchev–Trinajstić information content (AvgIpc) is 2.80. The van der Waals surface area contributed by atoms with Crippen molar-refractivity contribution < 1.29 is 22.6 Å². The summed E-state index contributed by atoms with van der Waals surface area (Å²) in [7, 11) is 0.0284. The highest BCUT2D eigenvalue weighted by Crippen LogP contribution is 2.32. The molecule has 9 heteroatoms. The van der Waals surface area contributed by atoms with Gasteiger partial charge in [-0.1, -0.05) is 12.1 Å². The molecule has 31 heavy (non-hydrogen) atoms. The average molecular weight is 448 g/mol.